The summed E-state index contributed by atoms with van der Waals surface area (Å²) in [5, 5.41) is 0. The highest BCUT2D eigenvalue weighted by Crippen LogP contribution is 2.21. The summed E-state index contributed by atoms with van der Waals surface area (Å²) in [6, 6.07) is 6.95. The Hall–Kier alpha value is -1.88. The zero-order valence-electron chi connectivity index (χ0n) is 11.7. The van der Waals surface area contributed by atoms with E-state index in [1.54, 1.807) is 17.0 Å². The van der Waals surface area contributed by atoms with Crippen LogP contribution < -0.4 is 5.73 Å². The fourth-order valence-electron chi connectivity index (χ4n) is 2.54. The van der Waals surface area contributed by atoms with E-state index in [1.165, 1.54) is 7.11 Å². The molecule has 1 heterocycles. The summed E-state index contributed by atoms with van der Waals surface area (Å²) < 4.78 is 4.75. The predicted molar refractivity (Wildman–Crippen MR) is 75.3 cm³/mol. The van der Waals surface area contributed by atoms with Gasteiger partial charge in [0, 0.05) is 12.1 Å². The number of nitrogens with zero attached hydrogens (tertiary/aromatic N) is 1. The van der Waals surface area contributed by atoms with Crippen LogP contribution in [0.2, 0.25) is 0 Å². The van der Waals surface area contributed by atoms with Crippen LogP contribution >= 0.6 is 0 Å². The maximum Gasteiger partial charge on any atom is 0.328 e. The second kappa shape index (κ2) is 6.52. The highest BCUT2D eigenvalue weighted by molar-refractivity contribution is 5.97. The van der Waals surface area contributed by atoms with Gasteiger partial charge in [-0.1, -0.05) is 12.1 Å². The molecule has 0 aliphatic carbocycles. The van der Waals surface area contributed by atoms with Gasteiger partial charge in [-0.25, -0.2) is 4.79 Å². The molecule has 1 atom stereocenters. The number of carbonyl (C=O) groups is 2. The SMILES string of the molecule is COC(=O)C1CCCN1C(=O)c1ccc(CCN)cc1. The molecule has 2 rings (SSSR count). The van der Waals surface area contributed by atoms with E-state index in [9.17, 15) is 9.59 Å². The second-order valence-electron chi connectivity index (χ2n) is 4.92. The molecule has 0 saturated carbocycles. The number of benzene rings is 1. The van der Waals surface area contributed by atoms with Crippen molar-refractivity contribution in [3.63, 3.8) is 0 Å². The smallest absolute Gasteiger partial charge is 0.328 e. The van der Waals surface area contributed by atoms with Crippen LogP contribution in [0.4, 0.5) is 0 Å². The number of amides is 1. The number of likely N-dealkylation sites (tertiary alicyclic amines) is 1. The zero-order valence-corrected chi connectivity index (χ0v) is 11.7. The van der Waals surface area contributed by atoms with Gasteiger partial charge in [0.1, 0.15) is 6.04 Å². The fourth-order valence-corrected chi connectivity index (χ4v) is 2.54. The van der Waals surface area contributed by atoms with Crippen molar-refractivity contribution in [3.05, 3.63) is 35.4 Å². The lowest BCUT2D eigenvalue weighted by atomic mass is 10.1. The minimum atomic E-state index is -0.448. The lowest BCUT2D eigenvalue weighted by Crippen LogP contribution is -2.41. The van der Waals surface area contributed by atoms with Crippen LogP contribution in [0.25, 0.3) is 0 Å². The van der Waals surface area contributed by atoms with Crippen LogP contribution in [-0.4, -0.2) is 43.0 Å². The van der Waals surface area contributed by atoms with Gasteiger partial charge in [0.2, 0.25) is 0 Å². The van der Waals surface area contributed by atoms with Crippen LogP contribution in [0.3, 0.4) is 0 Å². The predicted octanol–water partition coefficient (Wildman–Crippen LogP) is 0.965. The number of esters is 1. The number of methoxy groups -OCH3 is 1. The zero-order chi connectivity index (χ0) is 14.5. The summed E-state index contributed by atoms with van der Waals surface area (Å²) in [6.07, 6.45) is 2.30. The first kappa shape index (κ1) is 14.5. The molecule has 2 N–H and O–H groups in total. The summed E-state index contributed by atoms with van der Waals surface area (Å²) >= 11 is 0. The van der Waals surface area contributed by atoms with Crippen molar-refractivity contribution in [2.75, 3.05) is 20.2 Å². The molecule has 1 amide bonds. The van der Waals surface area contributed by atoms with Crippen molar-refractivity contribution in [3.8, 4) is 0 Å². The van der Waals surface area contributed by atoms with Gasteiger partial charge in [-0.05, 0) is 43.5 Å². The van der Waals surface area contributed by atoms with Crippen molar-refractivity contribution in [2.24, 2.45) is 5.73 Å². The molecule has 5 nitrogen and oxygen atoms in total. The minimum Gasteiger partial charge on any atom is -0.467 e. The number of rotatable bonds is 4. The van der Waals surface area contributed by atoms with Gasteiger partial charge in [0.15, 0.2) is 0 Å². The lowest BCUT2D eigenvalue weighted by Gasteiger charge is -2.22. The average molecular weight is 276 g/mol. The Morgan fingerprint density at radius 2 is 2.05 bits per heavy atom. The molecular formula is C15H20N2O3. The van der Waals surface area contributed by atoms with Crippen LogP contribution in [0, 0.1) is 0 Å². The summed E-state index contributed by atoms with van der Waals surface area (Å²) in [6.45, 7) is 1.19. The fraction of sp³-hybridized carbons (Fsp3) is 0.467. The monoisotopic (exact) mass is 276 g/mol. The van der Waals surface area contributed by atoms with Gasteiger partial charge in [-0.3, -0.25) is 4.79 Å². The maximum atomic E-state index is 12.4. The second-order valence-corrected chi connectivity index (χ2v) is 4.92. The number of hydrogen-bond acceptors (Lipinski definition) is 4. The molecule has 0 bridgehead atoms. The van der Waals surface area contributed by atoms with E-state index in [1.807, 2.05) is 12.1 Å². The van der Waals surface area contributed by atoms with Gasteiger partial charge >= 0.3 is 5.97 Å². The third-order valence-corrected chi connectivity index (χ3v) is 3.62. The minimum absolute atomic E-state index is 0.114. The first-order chi connectivity index (χ1) is 9.67. The highest BCUT2D eigenvalue weighted by atomic mass is 16.5. The first-order valence-electron chi connectivity index (χ1n) is 6.85. The molecule has 5 heteroatoms. The molecule has 1 fully saturated rings. The van der Waals surface area contributed by atoms with Gasteiger partial charge in [0.05, 0.1) is 7.11 Å². The van der Waals surface area contributed by atoms with Crippen molar-refractivity contribution in [1.29, 1.82) is 0 Å². The molecule has 1 saturated heterocycles. The van der Waals surface area contributed by atoms with E-state index in [4.69, 9.17) is 10.5 Å². The van der Waals surface area contributed by atoms with E-state index < -0.39 is 6.04 Å². The highest BCUT2D eigenvalue weighted by Gasteiger charge is 2.35. The largest absolute Gasteiger partial charge is 0.467 e. The summed E-state index contributed by atoms with van der Waals surface area (Å²) in [5.74, 6) is -0.451. The molecule has 1 aromatic carbocycles. The van der Waals surface area contributed by atoms with E-state index in [0.29, 0.717) is 25.1 Å². The van der Waals surface area contributed by atoms with Crippen molar-refractivity contribution in [1.82, 2.24) is 4.90 Å². The number of carbonyl (C=O) groups excluding carboxylic acids is 2. The first-order valence-corrected chi connectivity index (χ1v) is 6.85. The molecule has 108 valence electrons. The molecular weight excluding hydrogens is 256 g/mol. The number of hydrogen-bond donors (Lipinski definition) is 1. The molecule has 20 heavy (non-hydrogen) atoms. The Labute approximate surface area is 118 Å². The van der Waals surface area contributed by atoms with Gasteiger partial charge in [-0.2, -0.15) is 0 Å². The van der Waals surface area contributed by atoms with E-state index in [-0.39, 0.29) is 11.9 Å². The van der Waals surface area contributed by atoms with Crippen LogP contribution in [0.5, 0.6) is 0 Å². The maximum absolute atomic E-state index is 12.4. The Balaban J connectivity index is 2.11. The molecule has 0 radical (unpaired) electrons. The Bertz CT molecular complexity index is 484. The molecule has 1 aliphatic rings. The molecule has 1 unspecified atom stereocenters. The lowest BCUT2D eigenvalue weighted by molar-refractivity contribution is -0.145. The Morgan fingerprint density at radius 3 is 2.65 bits per heavy atom. The number of ether oxygens (including phenoxy) is 1. The topological polar surface area (TPSA) is 72.6 Å². The normalized spacial score (nSPS) is 18.1. The van der Waals surface area contributed by atoms with Crippen molar-refractivity contribution in [2.45, 2.75) is 25.3 Å². The summed E-state index contributed by atoms with van der Waals surface area (Å²) in [5.41, 5.74) is 7.20. The van der Waals surface area contributed by atoms with E-state index in [2.05, 4.69) is 0 Å². The van der Waals surface area contributed by atoms with E-state index in [0.717, 1.165) is 18.4 Å². The molecule has 0 spiro atoms. The number of nitrogens with two attached hydrogens (primary N) is 1. The average Bonchev–Trinajstić information content (AvgIpc) is 2.96. The van der Waals surface area contributed by atoms with Gasteiger partial charge in [-0.15, -0.1) is 0 Å². The standard InChI is InChI=1S/C15H20N2O3/c1-20-15(19)13-3-2-10-17(13)14(18)12-6-4-11(5-7-12)8-9-16/h4-7,13H,2-3,8-10,16H2,1H3. The van der Waals surface area contributed by atoms with Crippen molar-refractivity contribution < 1.29 is 14.3 Å². The molecule has 1 aromatic rings. The third-order valence-electron chi connectivity index (χ3n) is 3.62. The van der Waals surface area contributed by atoms with Gasteiger partial charge in [0.25, 0.3) is 5.91 Å². The van der Waals surface area contributed by atoms with Crippen molar-refractivity contribution >= 4 is 11.9 Å². The quantitative estimate of drug-likeness (QED) is 0.832. The molecule has 0 aromatic heterocycles. The Kier molecular flexibility index (Phi) is 4.74. The van der Waals surface area contributed by atoms with Crippen LogP contribution in [0.1, 0.15) is 28.8 Å². The van der Waals surface area contributed by atoms with Crippen LogP contribution in [-0.2, 0) is 16.0 Å². The molecule has 1 aliphatic heterocycles. The van der Waals surface area contributed by atoms with Crippen LogP contribution in [0.15, 0.2) is 24.3 Å². The van der Waals surface area contributed by atoms with E-state index >= 15 is 0 Å². The third kappa shape index (κ3) is 2.99. The summed E-state index contributed by atoms with van der Waals surface area (Å²) in [7, 11) is 1.35. The summed E-state index contributed by atoms with van der Waals surface area (Å²) in [4.78, 5) is 25.7. The van der Waals surface area contributed by atoms with Gasteiger partial charge < -0.3 is 15.4 Å². The Morgan fingerprint density at radius 1 is 1.35 bits per heavy atom.